The predicted molar refractivity (Wildman–Crippen MR) is 253 cm³/mol. The van der Waals surface area contributed by atoms with Crippen molar-refractivity contribution in [2.24, 2.45) is 0 Å². The molecule has 0 heterocycles. The fraction of sp³-hybridized carbons (Fsp3) is 0.0690. The minimum Gasteiger partial charge on any atom is -0.0616 e. The van der Waals surface area contributed by atoms with Gasteiger partial charge < -0.3 is 0 Å². The van der Waals surface area contributed by atoms with Crippen LogP contribution in [0, 0.1) is 27.7 Å². The van der Waals surface area contributed by atoms with Crippen molar-refractivity contribution in [2.45, 2.75) is 27.7 Å². The van der Waals surface area contributed by atoms with Crippen LogP contribution in [0.25, 0.3) is 58.4 Å². The molecule has 0 radical (unpaired) electrons. The standard InChI is InChI=1S/C58H48/c1-41-9-27-49(28-10-41)57(50-29-11-42(2)12-30-50)37-47-21-17-45(18-22-47)25-35-55-39-53-7-5-6-8-54(53)40-56(55)36-26-46-19-23-48(24-20-46)38-58(51-31-13-43(3)14-32-51)52-33-15-44(4)16-34-52/h5-40H,1-4H3. The summed E-state index contributed by atoms with van der Waals surface area (Å²) in [5.74, 6) is 0. The van der Waals surface area contributed by atoms with Gasteiger partial charge in [0, 0.05) is 0 Å². The lowest BCUT2D eigenvalue weighted by Crippen LogP contribution is -1.89. The summed E-state index contributed by atoms with van der Waals surface area (Å²) in [6, 6.07) is 66.1. The van der Waals surface area contributed by atoms with Gasteiger partial charge in [-0.15, -0.1) is 0 Å². The number of hydrogen-bond donors (Lipinski definition) is 0. The molecule has 0 heteroatoms. The molecule has 0 bridgehead atoms. The highest BCUT2D eigenvalue weighted by Crippen LogP contribution is 2.30. The van der Waals surface area contributed by atoms with E-state index < -0.39 is 0 Å². The zero-order valence-corrected chi connectivity index (χ0v) is 33.8. The molecule has 0 atom stereocenters. The van der Waals surface area contributed by atoms with Crippen molar-refractivity contribution in [3.8, 4) is 0 Å². The average molecular weight is 745 g/mol. The van der Waals surface area contributed by atoms with E-state index in [1.54, 1.807) is 0 Å². The van der Waals surface area contributed by atoms with Crippen molar-refractivity contribution in [2.75, 3.05) is 0 Å². The Hall–Kier alpha value is -7.02. The van der Waals surface area contributed by atoms with Crippen LogP contribution in [0.15, 0.2) is 182 Å². The van der Waals surface area contributed by atoms with Crippen molar-refractivity contribution in [3.05, 3.63) is 260 Å². The Kier molecular flexibility index (Phi) is 11.4. The summed E-state index contributed by atoms with van der Waals surface area (Å²) in [7, 11) is 0. The van der Waals surface area contributed by atoms with Gasteiger partial charge in [0.05, 0.1) is 0 Å². The van der Waals surface area contributed by atoms with E-state index in [4.69, 9.17) is 0 Å². The molecule has 58 heavy (non-hydrogen) atoms. The largest absolute Gasteiger partial charge is 0.0616 e. The zero-order valence-electron chi connectivity index (χ0n) is 33.8. The van der Waals surface area contributed by atoms with Crippen LogP contribution < -0.4 is 0 Å². The maximum Gasteiger partial charge on any atom is -0.0105 e. The highest BCUT2D eigenvalue weighted by Gasteiger charge is 2.08. The molecule has 8 aromatic carbocycles. The quantitative estimate of drug-likeness (QED) is 0.122. The summed E-state index contributed by atoms with van der Waals surface area (Å²) in [6.07, 6.45) is 13.5. The molecule has 0 fully saturated rings. The van der Waals surface area contributed by atoms with Crippen LogP contribution in [-0.4, -0.2) is 0 Å². The lowest BCUT2D eigenvalue weighted by atomic mass is 9.94. The zero-order chi connectivity index (χ0) is 39.8. The van der Waals surface area contributed by atoms with E-state index in [0.717, 1.165) is 11.1 Å². The average Bonchev–Trinajstić information content (AvgIpc) is 3.25. The first kappa shape index (κ1) is 37.9. The highest BCUT2D eigenvalue weighted by atomic mass is 14.1. The van der Waals surface area contributed by atoms with Gasteiger partial charge in [-0.05, 0) is 130 Å². The molecule has 0 saturated carbocycles. The molecule has 8 rings (SSSR count). The first-order valence-electron chi connectivity index (χ1n) is 20.1. The molecule has 0 amide bonds. The third-order valence-corrected chi connectivity index (χ3v) is 10.8. The molecule has 280 valence electrons. The van der Waals surface area contributed by atoms with Gasteiger partial charge in [0.1, 0.15) is 0 Å². The van der Waals surface area contributed by atoms with E-state index in [-0.39, 0.29) is 0 Å². The summed E-state index contributed by atoms with van der Waals surface area (Å²) in [4.78, 5) is 0. The predicted octanol–water partition coefficient (Wildman–Crippen LogP) is 15.6. The molecule has 0 unspecified atom stereocenters. The van der Waals surface area contributed by atoms with Crippen LogP contribution in [-0.2, 0) is 0 Å². The third kappa shape index (κ3) is 9.32. The van der Waals surface area contributed by atoms with Crippen LogP contribution in [0.4, 0.5) is 0 Å². The summed E-state index contributed by atoms with van der Waals surface area (Å²) in [5.41, 5.74) is 19.4. The van der Waals surface area contributed by atoms with Crippen molar-refractivity contribution in [1.29, 1.82) is 0 Å². The van der Waals surface area contributed by atoms with Crippen molar-refractivity contribution in [1.82, 2.24) is 0 Å². The molecular formula is C58H48. The van der Waals surface area contributed by atoms with E-state index in [1.165, 1.54) is 88.7 Å². The summed E-state index contributed by atoms with van der Waals surface area (Å²) in [5, 5.41) is 2.46. The molecule has 0 nitrogen and oxygen atoms in total. The molecule has 0 aliphatic heterocycles. The minimum atomic E-state index is 1.16. The van der Waals surface area contributed by atoms with Gasteiger partial charge in [0.2, 0.25) is 0 Å². The number of benzene rings is 8. The van der Waals surface area contributed by atoms with E-state index in [9.17, 15) is 0 Å². The third-order valence-electron chi connectivity index (χ3n) is 10.8. The number of aryl methyl sites for hydroxylation is 4. The van der Waals surface area contributed by atoms with Crippen LogP contribution in [0.1, 0.15) is 77.9 Å². The molecule has 0 aliphatic rings. The highest BCUT2D eigenvalue weighted by molar-refractivity contribution is 5.94. The molecular weight excluding hydrogens is 697 g/mol. The molecule has 0 spiro atoms. The first-order valence-corrected chi connectivity index (χ1v) is 20.1. The van der Waals surface area contributed by atoms with Crippen LogP contribution in [0.3, 0.4) is 0 Å². The van der Waals surface area contributed by atoms with E-state index in [1.807, 2.05) is 0 Å². The summed E-state index contributed by atoms with van der Waals surface area (Å²) < 4.78 is 0. The van der Waals surface area contributed by atoms with Gasteiger partial charge in [0.15, 0.2) is 0 Å². The Labute approximate surface area is 344 Å². The van der Waals surface area contributed by atoms with Gasteiger partial charge in [-0.2, -0.15) is 0 Å². The van der Waals surface area contributed by atoms with Crippen molar-refractivity contribution in [3.63, 3.8) is 0 Å². The monoisotopic (exact) mass is 744 g/mol. The lowest BCUT2D eigenvalue weighted by molar-refractivity contribution is 1.43. The van der Waals surface area contributed by atoms with Crippen LogP contribution in [0.2, 0.25) is 0 Å². The molecule has 0 saturated heterocycles. The summed E-state index contributed by atoms with van der Waals surface area (Å²) in [6.45, 7) is 8.54. The fourth-order valence-corrected chi connectivity index (χ4v) is 7.28. The second kappa shape index (κ2) is 17.4. The van der Waals surface area contributed by atoms with Gasteiger partial charge >= 0.3 is 0 Å². The van der Waals surface area contributed by atoms with E-state index in [2.05, 4.69) is 246 Å². The number of rotatable bonds is 10. The van der Waals surface area contributed by atoms with Crippen molar-refractivity contribution < 1.29 is 0 Å². The van der Waals surface area contributed by atoms with Gasteiger partial charge in [-0.25, -0.2) is 0 Å². The Morgan fingerprint density at radius 1 is 0.293 bits per heavy atom. The smallest absolute Gasteiger partial charge is 0.0105 e. The SMILES string of the molecule is Cc1ccc(C(=Cc2ccc(C=Cc3cc4ccccc4cc3C=Cc3ccc(C=C(c4ccc(C)cc4)c4ccc(C)cc4)cc3)cc2)c2ccc(C)cc2)cc1. The van der Waals surface area contributed by atoms with Crippen molar-refractivity contribution >= 4 is 58.4 Å². The Morgan fingerprint density at radius 2 is 0.569 bits per heavy atom. The van der Waals surface area contributed by atoms with E-state index >= 15 is 0 Å². The fourth-order valence-electron chi connectivity index (χ4n) is 7.28. The first-order chi connectivity index (χ1) is 28.3. The Bertz CT molecular complexity index is 2480. The number of fused-ring (bicyclic) bond motifs is 1. The molecule has 8 aromatic rings. The Morgan fingerprint density at radius 3 is 0.862 bits per heavy atom. The topological polar surface area (TPSA) is 0 Å². The molecule has 0 aliphatic carbocycles. The lowest BCUT2D eigenvalue weighted by Gasteiger charge is -2.10. The number of hydrogen-bond acceptors (Lipinski definition) is 0. The maximum absolute atomic E-state index is 2.30. The van der Waals surface area contributed by atoms with E-state index in [0.29, 0.717) is 0 Å². The molecule has 0 N–H and O–H groups in total. The normalized spacial score (nSPS) is 11.3. The second-order valence-electron chi connectivity index (χ2n) is 15.4. The summed E-state index contributed by atoms with van der Waals surface area (Å²) >= 11 is 0. The van der Waals surface area contributed by atoms with Gasteiger partial charge in [-0.1, -0.05) is 216 Å². The van der Waals surface area contributed by atoms with Gasteiger partial charge in [-0.3, -0.25) is 0 Å². The molecule has 0 aromatic heterocycles. The van der Waals surface area contributed by atoms with Crippen LogP contribution in [0.5, 0.6) is 0 Å². The van der Waals surface area contributed by atoms with Crippen LogP contribution >= 0.6 is 0 Å². The second-order valence-corrected chi connectivity index (χ2v) is 15.4. The minimum absolute atomic E-state index is 1.16. The maximum atomic E-state index is 2.30. The van der Waals surface area contributed by atoms with Gasteiger partial charge in [0.25, 0.3) is 0 Å². The Balaban J connectivity index is 1.05.